The number of rotatable bonds is 6. The van der Waals surface area contributed by atoms with Gasteiger partial charge in [0.2, 0.25) is 0 Å². The van der Waals surface area contributed by atoms with Crippen molar-refractivity contribution in [3.8, 4) is 0 Å². The van der Waals surface area contributed by atoms with Crippen molar-refractivity contribution in [3.05, 3.63) is 89.4 Å². The number of carbonyl (C=O) groups excluding carboxylic acids is 1. The molecule has 3 nitrogen and oxygen atoms in total. The number of benzene rings is 2. The van der Waals surface area contributed by atoms with Gasteiger partial charge in [-0.15, -0.1) is 11.8 Å². The van der Waals surface area contributed by atoms with Crippen LogP contribution in [0.3, 0.4) is 0 Å². The molecule has 0 bridgehead atoms. The number of aryl methyl sites for hydroxylation is 1. The summed E-state index contributed by atoms with van der Waals surface area (Å²) in [5, 5.41) is 2.85. The number of carbonyl (C=O) groups is 1. The molecule has 0 atom stereocenters. The highest BCUT2D eigenvalue weighted by Crippen LogP contribution is 2.23. The molecule has 0 fully saturated rings. The summed E-state index contributed by atoms with van der Waals surface area (Å²) in [6, 6.07) is 19.9. The third kappa shape index (κ3) is 4.52. The highest BCUT2D eigenvalue weighted by atomic mass is 32.2. The summed E-state index contributed by atoms with van der Waals surface area (Å²) in [7, 11) is 0. The fourth-order valence-electron chi connectivity index (χ4n) is 2.24. The first kappa shape index (κ1) is 16.4. The Morgan fingerprint density at radius 2 is 1.79 bits per heavy atom. The van der Waals surface area contributed by atoms with Gasteiger partial charge in [0.25, 0.3) is 5.91 Å². The van der Waals surface area contributed by atoms with Crippen molar-refractivity contribution >= 4 is 17.7 Å². The van der Waals surface area contributed by atoms with Gasteiger partial charge >= 0.3 is 0 Å². The van der Waals surface area contributed by atoms with Crippen molar-refractivity contribution in [2.75, 3.05) is 0 Å². The van der Waals surface area contributed by atoms with Crippen LogP contribution in [-0.4, -0.2) is 5.91 Å². The molecule has 4 heteroatoms. The fraction of sp³-hybridized carbons (Fsp3) is 0.150. The van der Waals surface area contributed by atoms with Gasteiger partial charge in [0.05, 0.1) is 12.8 Å². The van der Waals surface area contributed by atoms with Crippen LogP contribution in [-0.2, 0) is 12.3 Å². The molecule has 0 unspecified atom stereocenters. The van der Waals surface area contributed by atoms with E-state index in [9.17, 15) is 4.79 Å². The Hall–Kier alpha value is -2.46. The number of nitrogens with one attached hydrogen (secondary N) is 1. The summed E-state index contributed by atoms with van der Waals surface area (Å²) >= 11 is 1.79. The SMILES string of the molecule is Cc1ccc(SCc2ccc(C(=O)NCc3ccco3)cc2)cc1. The molecule has 0 aliphatic rings. The average molecular weight is 337 g/mol. The minimum Gasteiger partial charge on any atom is -0.467 e. The standard InChI is InChI=1S/C20H19NO2S/c1-15-4-10-19(11-5-15)24-14-16-6-8-17(9-7-16)20(22)21-13-18-3-2-12-23-18/h2-12H,13-14H2,1H3,(H,21,22). The van der Waals surface area contributed by atoms with Gasteiger partial charge in [-0.1, -0.05) is 29.8 Å². The summed E-state index contributed by atoms with van der Waals surface area (Å²) in [4.78, 5) is 13.4. The first-order valence-electron chi connectivity index (χ1n) is 7.80. The van der Waals surface area contributed by atoms with Crippen LogP contribution in [0.2, 0.25) is 0 Å². The third-order valence-corrected chi connectivity index (χ3v) is 4.73. The maximum absolute atomic E-state index is 12.1. The van der Waals surface area contributed by atoms with Crippen LogP contribution in [0, 0.1) is 6.92 Å². The van der Waals surface area contributed by atoms with Crippen LogP contribution in [0.15, 0.2) is 76.2 Å². The summed E-state index contributed by atoms with van der Waals surface area (Å²) in [5.74, 6) is 1.54. The van der Waals surface area contributed by atoms with Gasteiger partial charge in [-0.2, -0.15) is 0 Å². The van der Waals surface area contributed by atoms with Gasteiger partial charge in [0, 0.05) is 16.2 Å². The molecule has 0 saturated carbocycles. The van der Waals surface area contributed by atoms with E-state index in [1.807, 2.05) is 36.4 Å². The second kappa shape index (κ2) is 7.88. The van der Waals surface area contributed by atoms with Crippen molar-refractivity contribution < 1.29 is 9.21 Å². The van der Waals surface area contributed by atoms with Crippen LogP contribution in [0.5, 0.6) is 0 Å². The van der Waals surface area contributed by atoms with E-state index in [4.69, 9.17) is 4.42 Å². The molecule has 3 rings (SSSR count). The number of thioether (sulfide) groups is 1. The molecular weight excluding hydrogens is 318 g/mol. The van der Waals surface area contributed by atoms with Gasteiger partial charge in [0.15, 0.2) is 0 Å². The third-order valence-electron chi connectivity index (χ3n) is 3.65. The molecule has 0 saturated heterocycles. The molecule has 24 heavy (non-hydrogen) atoms. The van der Waals surface area contributed by atoms with Crippen molar-refractivity contribution in [3.63, 3.8) is 0 Å². The summed E-state index contributed by atoms with van der Waals surface area (Å²) in [6.45, 7) is 2.49. The zero-order valence-corrected chi connectivity index (χ0v) is 14.3. The van der Waals surface area contributed by atoms with Crippen LogP contribution in [0.25, 0.3) is 0 Å². The normalized spacial score (nSPS) is 10.5. The maximum Gasteiger partial charge on any atom is 0.251 e. The smallest absolute Gasteiger partial charge is 0.251 e. The monoisotopic (exact) mass is 337 g/mol. The van der Waals surface area contributed by atoms with E-state index < -0.39 is 0 Å². The van der Waals surface area contributed by atoms with Crippen molar-refractivity contribution in [2.45, 2.75) is 24.1 Å². The van der Waals surface area contributed by atoms with Gasteiger partial charge in [-0.25, -0.2) is 0 Å². The molecule has 3 aromatic rings. The maximum atomic E-state index is 12.1. The average Bonchev–Trinajstić information content (AvgIpc) is 3.13. The highest BCUT2D eigenvalue weighted by Gasteiger charge is 2.06. The van der Waals surface area contributed by atoms with Crippen LogP contribution in [0.4, 0.5) is 0 Å². The molecule has 0 aliphatic carbocycles. The first-order chi connectivity index (χ1) is 11.7. The van der Waals surface area contributed by atoms with Crippen molar-refractivity contribution in [2.24, 2.45) is 0 Å². The van der Waals surface area contributed by atoms with Crippen LogP contribution in [0.1, 0.15) is 27.2 Å². The van der Waals surface area contributed by atoms with Gasteiger partial charge in [-0.3, -0.25) is 4.79 Å². The molecule has 122 valence electrons. The van der Waals surface area contributed by atoms with E-state index in [1.165, 1.54) is 16.0 Å². The Bertz CT molecular complexity index is 778. The Labute approximate surface area is 146 Å². The summed E-state index contributed by atoms with van der Waals surface area (Å²) < 4.78 is 5.20. The number of hydrogen-bond donors (Lipinski definition) is 1. The zero-order valence-electron chi connectivity index (χ0n) is 13.5. The Morgan fingerprint density at radius 1 is 1.04 bits per heavy atom. The van der Waals surface area contributed by atoms with E-state index in [2.05, 4.69) is 36.5 Å². The first-order valence-corrected chi connectivity index (χ1v) is 8.78. The molecule has 0 radical (unpaired) electrons. The number of hydrogen-bond acceptors (Lipinski definition) is 3. The number of amides is 1. The minimum atomic E-state index is -0.0934. The topological polar surface area (TPSA) is 42.2 Å². The molecule has 1 N–H and O–H groups in total. The second-order valence-corrected chi connectivity index (χ2v) is 6.61. The Balaban J connectivity index is 1.52. The van der Waals surface area contributed by atoms with E-state index in [-0.39, 0.29) is 5.91 Å². The Morgan fingerprint density at radius 3 is 2.46 bits per heavy atom. The van der Waals surface area contributed by atoms with Crippen molar-refractivity contribution in [1.82, 2.24) is 5.32 Å². The molecular formula is C20H19NO2S. The lowest BCUT2D eigenvalue weighted by Gasteiger charge is -2.06. The van der Waals surface area contributed by atoms with Gasteiger partial charge < -0.3 is 9.73 Å². The summed E-state index contributed by atoms with van der Waals surface area (Å²) in [6.07, 6.45) is 1.60. The van der Waals surface area contributed by atoms with E-state index in [1.54, 1.807) is 18.0 Å². The van der Waals surface area contributed by atoms with Crippen molar-refractivity contribution in [1.29, 1.82) is 0 Å². The minimum absolute atomic E-state index is 0.0934. The second-order valence-electron chi connectivity index (χ2n) is 5.56. The predicted molar refractivity (Wildman–Crippen MR) is 97.1 cm³/mol. The molecule has 1 heterocycles. The largest absolute Gasteiger partial charge is 0.467 e. The van der Waals surface area contributed by atoms with E-state index in [0.29, 0.717) is 12.1 Å². The predicted octanol–water partition coefficient (Wildman–Crippen LogP) is 4.81. The zero-order chi connectivity index (χ0) is 16.8. The lowest BCUT2D eigenvalue weighted by Crippen LogP contribution is -2.22. The van der Waals surface area contributed by atoms with Crippen LogP contribution >= 0.6 is 11.8 Å². The summed E-state index contributed by atoms with van der Waals surface area (Å²) in [5.41, 5.74) is 3.12. The molecule has 1 amide bonds. The lowest BCUT2D eigenvalue weighted by molar-refractivity contribution is 0.0948. The van der Waals surface area contributed by atoms with Gasteiger partial charge in [0.1, 0.15) is 5.76 Å². The molecule has 2 aromatic carbocycles. The van der Waals surface area contributed by atoms with Gasteiger partial charge in [-0.05, 0) is 48.9 Å². The number of furan rings is 1. The lowest BCUT2D eigenvalue weighted by atomic mass is 10.1. The molecule has 0 spiro atoms. The Kier molecular flexibility index (Phi) is 5.39. The quantitative estimate of drug-likeness (QED) is 0.656. The van der Waals surface area contributed by atoms with E-state index >= 15 is 0 Å². The fourth-order valence-corrected chi connectivity index (χ4v) is 3.09. The molecule has 1 aromatic heterocycles. The highest BCUT2D eigenvalue weighted by molar-refractivity contribution is 7.98. The van der Waals surface area contributed by atoms with Crippen LogP contribution < -0.4 is 5.32 Å². The van der Waals surface area contributed by atoms with E-state index in [0.717, 1.165) is 11.5 Å². The molecule has 0 aliphatic heterocycles.